The molecule has 0 radical (unpaired) electrons. The van der Waals surface area contributed by atoms with Crippen LogP contribution < -0.4 is 20.5 Å². The van der Waals surface area contributed by atoms with Gasteiger partial charge in [0.1, 0.15) is 17.6 Å². The third kappa shape index (κ3) is 4.04. The van der Waals surface area contributed by atoms with E-state index in [1.54, 1.807) is 7.11 Å². The first kappa shape index (κ1) is 20.3. The molecule has 5 nitrogen and oxygen atoms in total. The Bertz CT molecular complexity index is 682. The molecule has 1 heterocycles. The molecular formula is C21H31ClN2O3. The molecule has 3 atom stereocenters. The van der Waals surface area contributed by atoms with E-state index in [2.05, 4.69) is 12.2 Å². The summed E-state index contributed by atoms with van der Waals surface area (Å²) in [6.07, 6.45) is 6.60. The molecule has 0 spiro atoms. The molecule has 3 N–H and O–H groups in total. The van der Waals surface area contributed by atoms with Crippen molar-refractivity contribution in [3.05, 3.63) is 23.3 Å². The summed E-state index contributed by atoms with van der Waals surface area (Å²) in [5, 5.41) is 3.13. The molecule has 1 aliphatic heterocycles. The lowest BCUT2D eigenvalue weighted by molar-refractivity contribution is -0.128. The van der Waals surface area contributed by atoms with E-state index in [1.165, 1.54) is 24.8 Å². The van der Waals surface area contributed by atoms with Crippen molar-refractivity contribution in [1.82, 2.24) is 5.32 Å². The van der Waals surface area contributed by atoms with Crippen LogP contribution in [0.1, 0.15) is 50.2 Å². The first-order chi connectivity index (χ1) is 12.5. The first-order valence-corrected chi connectivity index (χ1v) is 9.95. The molecule has 2 aliphatic carbocycles. The van der Waals surface area contributed by atoms with Gasteiger partial charge >= 0.3 is 0 Å². The van der Waals surface area contributed by atoms with Gasteiger partial charge in [-0.25, -0.2) is 0 Å². The van der Waals surface area contributed by atoms with Crippen LogP contribution in [-0.2, 0) is 17.8 Å². The van der Waals surface area contributed by atoms with Crippen molar-refractivity contribution in [1.29, 1.82) is 0 Å². The predicted octanol–water partition coefficient (Wildman–Crippen LogP) is 3.21. The summed E-state index contributed by atoms with van der Waals surface area (Å²) < 4.78 is 11.4. The van der Waals surface area contributed by atoms with Crippen LogP contribution in [0, 0.1) is 17.8 Å². The summed E-state index contributed by atoms with van der Waals surface area (Å²) in [5.41, 5.74) is 8.50. The van der Waals surface area contributed by atoms with Gasteiger partial charge < -0.3 is 20.5 Å². The molecule has 4 rings (SSSR count). The average Bonchev–Trinajstić information content (AvgIpc) is 2.97. The highest BCUT2D eigenvalue weighted by Crippen LogP contribution is 2.42. The first-order valence-electron chi connectivity index (χ1n) is 9.95. The third-order valence-corrected chi connectivity index (χ3v) is 6.54. The molecule has 2 saturated carbocycles. The Labute approximate surface area is 167 Å². The molecule has 6 heteroatoms. The Hall–Kier alpha value is -1.46. The molecule has 0 saturated heterocycles. The summed E-state index contributed by atoms with van der Waals surface area (Å²) >= 11 is 0. The number of fused-ring (bicyclic) bond motifs is 3. The highest BCUT2D eigenvalue weighted by Gasteiger charge is 2.40. The lowest BCUT2D eigenvalue weighted by Crippen LogP contribution is -2.49. The molecule has 0 aromatic heterocycles. The minimum Gasteiger partial charge on any atom is -0.496 e. The number of ether oxygens (including phenoxy) is 2. The number of methoxy groups -OCH3 is 1. The number of nitrogens with two attached hydrogens (primary N) is 1. The monoisotopic (exact) mass is 394 g/mol. The largest absolute Gasteiger partial charge is 0.496 e. The van der Waals surface area contributed by atoms with E-state index in [4.69, 9.17) is 15.2 Å². The van der Waals surface area contributed by atoms with Crippen molar-refractivity contribution >= 4 is 18.3 Å². The Balaban J connectivity index is 0.00000210. The van der Waals surface area contributed by atoms with Crippen molar-refractivity contribution in [3.8, 4) is 11.5 Å². The SMILES string of the molecule is COc1cc2c(cc1CNC(=O)C1CC3CCCC(C1)C3N)OC(C)C2.Cl. The number of carbonyl (C=O) groups excluding carboxylic acids is 1. The van der Waals surface area contributed by atoms with Crippen LogP contribution in [0.15, 0.2) is 12.1 Å². The lowest BCUT2D eigenvalue weighted by Gasteiger charge is -2.43. The maximum absolute atomic E-state index is 12.8. The van der Waals surface area contributed by atoms with E-state index in [0.29, 0.717) is 24.4 Å². The fraction of sp³-hybridized carbons (Fsp3) is 0.667. The number of halogens is 1. The van der Waals surface area contributed by atoms with Crippen molar-refractivity contribution < 1.29 is 14.3 Å². The number of hydrogen-bond donors (Lipinski definition) is 2. The Kier molecular flexibility index (Phi) is 6.21. The molecular weight excluding hydrogens is 364 g/mol. The molecule has 2 bridgehead atoms. The summed E-state index contributed by atoms with van der Waals surface area (Å²) in [6, 6.07) is 4.36. The zero-order valence-corrected chi connectivity index (χ0v) is 17.0. The van der Waals surface area contributed by atoms with Gasteiger partial charge in [-0.15, -0.1) is 12.4 Å². The third-order valence-electron chi connectivity index (χ3n) is 6.54. The quantitative estimate of drug-likeness (QED) is 0.822. The Morgan fingerprint density at radius 2 is 2.00 bits per heavy atom. The molecule has 150 valence electrons. The number of amides is 1. The number of nitrogens with one attached hydrogen (secondary N) is 1. The summed E-state index contributed by atoms with van der Waals surface area (Å²) in [4.78, 5) is 12.8. The molecule has 2 fully saturated rings. The van der Waals surface area contributed by atoms with Gasteiger partial charge in [0.15, 0.2) is 0 Å². The van der Waals surface area contributed by atoms with Gasteiger partial charge in [-0.05, 0) is 56.6 Å². The van der Waals surface area contributed by atoms with Crippen LogP contribution in [0.5, 0.6) is 11.5 Å². The number of carbonyl (C=O) groups is 1. The standard InChI is InChI=1S/C21H30N2O3.ClH/c1-12-6-15-9-18(25-2)17(10-19(15)26-12)11-23-21(24)16-7-13-4-3-5-14(8-16)20(13)22;/h9-10,12-14,16,20H,3-8,11,22H2,1-2H3,(H,23,24);1H. The fourth-order valence-electron chi connectivity index (χ4n) is 5.14. The second-order valence-corrected chi connectivity index (χ2v) is 8.32. The molecule has 27 heavy (non-hydrogen) atoms. The van der Waals surface area contributed by atoms with Crippen molar-refractivity contribution in [2.75, 3.05) is 7.11 Å². The van der Waals surface area contributed by atoms with Crippen LogP contribution in [-0.4, -0.2) is 25.2 Å². The van der Waals surface area contributed by atoms with E-state index < -0.39 is 0 Å². The summed E-state index contributed by atoms with van der Waals surface area (Å²) in [7, 11) is 1.68. The highest BCUT2D eigenvalue weighted by molar-refractivity contribution is 5.85. The molecule has 1 amide bonds. The fourth-order valence-corrected chi connectivity index (χ4v) is 5.14. The van der Waals surface area contributed by atoms with Gasteiger partial charge in [-0.3, -0.25) is 4.79 Å². The molecule has 1 aromatic carbocycles. The maximum atomic E-state index is 12.8. The van der Waals surface area contributed by atoms with Gasteiger partial charge in [0.2, 0.25) is 5.91 Å². The highest BCUT2D eigenvalue weighted by atomic mass is 35.5. The normalized spacial score (nSPS) is 31.3. The summed E-state index contributed by atoms with van der Waals surface area (Å²) in [6.45, 7) is 2.55. The van der Waals surface area contributed by atoms with E-state index in [1.807, 2.05) is 12.1 Å². The van der Waals surface area contributed by atoms with Crippen molar-refractivity contribution in [2.45, 2.75) is 64.1 Å². The average molecular weight is 395 g/mol. The van der Waals surface area contributed by atoms with Crippen molar-refractivity contribution in [3.63, 3.8) is 0 Å². The van der Waals surface area contributed by atoms with Gasteiger partial charge in [0.05, 0.1) is 7.11 Å². The second kappa shape index (κ2) is 8.27. The number of hydrogen-bond acceptors (Lipinski definition) is 4. The second-order valence-electron chi connectivity index (χ2n) is 8.32. The van der Waals surface area contributed by atoms with E-state index in [0.717, 1.165) is 36.3 Å². The van der Waals surface area contributed by atoms with Crippen LogP contribution in [0.25, 0.3) is 0 Å². The zero-order chi connectivity index (χ0) is 18.3. The van der Waals surface area contributed by atoms with E-state index >= 15 is 0 Å². The minimum atomic E-state index is 0. The Morgan fingerprint density at radius 3 is 2.67 bits per heavy atom. The van der Waals surface area contributed by atoms with Gasteiger partial charge in [-0.1, -0.05) is 6.42 Å². The zero-order valence-electron chi connectivity index (χ0n) is 16.2. The van der Waals surface area contributed by atoms with Crippen molar-refractivity contribution in [2.24, 2.45) is 23.5 Å². The van der Waals surface area contributed by atoms with Gasteiger partial charge in [0.25, 0.3) is 0 Å². The lowest BCUT2D eigenvalue weighted by atomic mass is 9.65. The van der Waals surface area contributed by atoms with Crippen LogP contribution in [0.2, 0.25) is 0 Å². The number of rotatable bonds is 4. The predicted molar refractivity (Wildman–Crippen MR) is 107 cm³/mol. The van der Waals surface area contributed by atoms with Crippen LogP contribution in [0.3, 0.4) is 0 Å². The maximum Gasteiger partial charge on any atom is 0.223 e. The topological polar surface area (TPSA) is 73.6 Å². The summed E-state index contributed by atoms with van der Waals surface area (Å²) in [5.74, 6) is 3.03. The molecule has 3 unspecified atom stereocenters. The molecule has 3 aliphatic rings. The van der Waals surface area contributed by atoms with Gasteiger partial charge in [0, 0.05) is 36.1 Å². The van der Waals surface area contributed by atoms with Crippen LogP contribution >= 0.6 is 12.4 Å². The van der Waals surface area contributed by atoms with E-state index in [9.17, 15) is 4.79 Å². The smallest absolute Gasteiger partial charge is 0.223 e. The minimum absolute atomic E-state index is 0. The van der Waals surface area contributed by atoms with E-state index in [-0.39, 0.29) is 30.3 Å². The van der Waals surface area contributed by atoms with Gasteiger partial charge in [-0.2, -0.15) is 0 Å². The Morgan fingerprint density at radius 1 is 1.30 bits per heavy atom. The number of benzene rings is 1. The van der Waals surface area contributed by atoms with Crippen LogP contribution in [0.4, 0.5) is 0 Å². The molecule has 1 aromatic rings.